The molecule has 0 aliphatic carbocycles. The van der Waals surface area contributed by atoms with Gasteiger partial charge < -0.3 is 21.0 Å². The molecule has 1 aliphatic heterocycles. The number of amides is 1. The molecular weight excluding hydrogens is 474 g/mol. The smallest absolute Gasteiger partial charge is 0.248 e. The Morgan fingerprint density at radius 2 is 1.76 bits per heavy atom. The number of aryl methyl sites for hydroxylation is 1. The van der Waals surface area contributed by atoms with Crippen LogP contribution in [0.1, 0.15) is 52.4 Å². The van der Waals surface area contributed by atoms with Gasteiger partial charge in [0.1, 0.15) is 18.1 Å². The number of phenolic OH excluding ortho intramolecular Hbond substituents is 1. The van der Waals surface area contributed by atoms with E-state index in [4.69, 9.17) is 21.0 Å². The molecule has 1 saturated heterocycles. The molecule has 4 aromatic carbocycles. The van der Waals surface area contributed by atoms with E-state index in [9.17, 15) is 4.79 Å². The molecule has 6 heteroatoms. The van der Waals surface area contributed by atoms with E-state index in [1.54, 1.807) is 13.0 Å². The number of likely N-dealkylation sites (tertiary alicyclic amines) is 1. The molecule has 0 saturated carbocycles. The molecule has 4 aromatic rings. The summed E-state index contributed by atoms with van der Waals surface area (Å²) < 4.78 is 6.19. The topological polar surface area (TPSA) is 99.6 Å². The maximum Gasteiger partial charge on any atom is 0.248 e. The zero-order chi connectivity index (χ0) is 26.9. The van der Waals surface area contributed by atoms with Crippen molar-refractivity contribution in [3.63, 3.8) is 0 Å². The van der Waals surface area contributed by atoms with E-state index in [1.807, 2.05) is 24.3 Å². The quantitative estimate of drug-likeness (QED) is 0.257. The second-order valence-corrected chi connectivity index (χ2v) is 9.52. The molecule has 1 unspecified atom stereocenters. The number of nitrogens with zero attached hydrogens (tertiary/aromatic N) is 1. The molecule has 6 nitrogen and oxygen atoms in total. The Balaban J connectivity index is 0.000000257. The SMILES string of the molecule is Cc1cc(C(N)=O)ccc1O.N=Cc1ccc(OCCN2CCCCC2c2ccccc2)c2ccccc12. The fraction of sp³-hybridized carbons (Fsp3) is 0.250. The molecule has 1 aliphatic rings. The van der Waals surface area contributed by atoms with Crippen LogP contribution in [0.5, 0.6) is 11.5 Å². The van der Waals surface area contributed by atoms with Gasteiger partial charge in [-0.15, -0.1) is 0 Å². The molecule has 0 spiro atoms. The zero-order valence-corrected chi connectivity index (χ0v) is 21.8. The van der Waals surface area contributed by atoms with Gasteiger partial charge in [-0.05, 0) is 73.2 Å². The van der Waals surface area contributed by atoms with E-state index in [0.29, 0.717) is 23.8 Å². The number of carbonyl (C=O) groups is 1. The van der Waals surface area contributed by atoms with Crippen LogP contribution in [0.4, 0.5) is 0 Å². The maximum atomic E-state index is 10.6. The summed E-state index contributed by atoms with van der Waals surface area (Å²) in [5.41, 5.74) is 8.43. The summed E-state index contributed by atoms with van der Waals surface area (Å²) in [5, 5.41) is 18.8. The minimum Gasteiger partial charge on any atom is -0.508 e. The number of phenols is 1. The van der Waals surface area contributed by atoms with Gasteiger partial charge >= 0.3 is 0 Å². The van der Waals surface area contributed by atoms with Crippen LogP contribution in [0.2, 0.25) is 0 Å². The second-order valence-electron chi connectivity index (χ2n) is 9.52. The Kier molecular flexibility index (Phi) is 9.11. The van der Waals surface area contributed by atoms with E-state index < -0.39 is 5.91 Å². The van der Waals surface area contributed by atoms with Gasteiger partial charge in [-0.25, -0.2) is 0 Å². The summed E-state index contributed by atoms with van der Waals surface area (Å²) in [6, 6.07) is 28.0. The summed E-state index contributed by atoms with van der Waals surface area (Å²) in [6.07, 6.45) is 5.19. The highest BCUT2D eigenvalue weighted by atomic mass is 16.5. The lowest BCUT2D eigenvalue weighted by molar-refractivity contribution is 0.1000. The van der Waals surface area contributed by atoms with Crippen LogP contribution in [0, 0.1) is 12.3 Å². The highest BCUT2D eigenvalue weighted by Gasteiger charge is 2.23. The van der Waals surface area contributed by atoms with Gasteiger partial charge in [-0.1, -0.05) is 61.0 Å². The highest BCUT2D eigenvalue weighted by molar-refractivity contribution is 6.01. The first kappa shape index (κ1) is 26.9. The Bertz CT molecular complexity index is 1390. The van der Waals surface area contributed by atoms with Gasteiger partial charge in [-0.2, -0.15) is 0 Å². The van der Waals surface area contributed by atoms with Crippen LogP contribution < -0.4 is 10.5 Å². The van der Waals surface area contributed by atoms with Crippen molar-refractivity contribution in [2.45, 2.75) is 32.2 Å². The predicted octanol–water partition coefficient (Wildman–Crippen LogP) is 6.24. The lowest BCUT2D eigenvalue weighted by Gasteiger charge is -2.36. The fourth-order valence-electron chi connectivity index (χ4n) is 4.94. The van der Waals surface area contributed by atoms with E-state index >= 15 is 0 Å². The zero-order valence-electron chi connectivity index (χ0n) is 21.8. The minimum atomic E-state index is -0.479. The number of hydrogen-bond donors (Lipinski definition) is 3. The molecule has 0 aromatic heterocycles. The lowest BCUT2D eigenvalue weighted by Crippen LogP contribution is -2.36. The largest absolute Gasteiger partial charge is 0.508 e. The summed E-state index contributed by atoms with van der Waals surface area (Å²) in [5.74, 6) is 0.604. The number of nitrogens with two attached hydrogens (primary N) is 1. The predicted molar refractivity (Wildman–Crippen MR) is 153 cm³/mol. The van der Waals surface area contributed by atoms with E-state index in [0.717, 1.165) is 35.2 Å². The fourth-order valence-corrected chi connectivity index (χ4v) is 4.94. The van der Waals surface area contributed by atoms with Crippen molar-refractivity contribution in [3.05, 3.63) is 107 Å². The molecular formula is C32H35N3O3. The van der Waals surface area contributed by atoms with Gasteiger partial charge in [0.05, 0.1) is 0 Å². The molecule has 4 N–H and O–H groups in total. The van der Waals surface area contributed by atoms with Crippen LogP contribution in [-0.2, 0) is 0 Å². The van der Waals surface area contributed by atoms with Crippen molar-refractivity contribution in [3.8, 4) is 11.5 Å². The third-order valence-electron chi connectivity index (χ3n) is 6.99. The summed E-state index contributed by atoms with van der Waals surface area (Å²) >= 11 is 0. The Morgan fingerprint density at radius 1 is 1.03 bits per heavy atom. The minimum absolute atomic E-state index is 0.176. The van der Waals surface area contributed by atoms with Gasteiger partial charge in [0.25, 0.3) is 0 Å². The van der Waals surface area contributed by atoms with Gasteiger partial charge in [-0.3, -0.25) is 9.69 Å². The number of hydrogen-bond acceptors (Lipinski definition) is 5. The Labute approximate surface area is 224 Å². The van der Waals surface area contributed by atoms with Gasteiger partial charge in [0, 0.05) is 35.3 Å². The molecule has 196 valence electrons. The first-order valence-corrected chi connectivity index (χ1v) is 13.0. The molecule has 1 heterocycles. The maximum absolute atomic E-state index is 10.6. The van der Waals surface area contributed by atoms with E-state index in [-0.39, 0.29) is 5.75 Å². The van der Waals surface area contributed by atoms with Crippen molar-refractivity contribution >= 4 is 22.9 Å². The Morgan fingerprint density at radius 3 is 2.47 bits per heavy atom. The van der Waals surface area contributed by atoms with Crippen molar-refractivity contribution in [2.24, 2.45) is 5.73 Å². The Hall–Kier alpha value is -4.16. The molecule has 0 bridgehead atoms. The van der Waals surface area contributed by atoms with E-state index in [2.05, 4.69) is 47.4 Å². The molecule has 0 radical (unpaired) electrons. The van der Waals surface area contributed by atoms with Crippen molar-refractivity contribution < 1.29 is 14.6 Å². The number of piperidine rings is 1. The normalized spacial score (nSPS) is 15.3. The summed E-state index contributed by atoms with van der Waals surface area (Å²) in [7, 11) is 0. The van der Waals surface area contributed by atoms with Crippen LogP contribution >= 0.6 is 0 Å². The van der Waals surface area contributed by atoms with Crippen molar-refractivity contribution in [1.29, 1.82) is 5.41 Å². The molecule has 1 atom stereocenters. The molecule has 1 amide bonds. The third-order valence-corrected chi connectivity index (χ3v) is 6.99. The lowest BCUT2D eigenvalue weighted by atomic mass is 9.95. The summed E-state index contributed by atoms with van der Waals surface area (Å²) in [6.45, 7) is 4.45. The average Bonchev–Trinajstić information content (AvgIpc) is 2.95. The number of rotatable bonds is 7. The number of carbonyl (C=O) groups excluding carboxylic acids is 1. The molecule has 5 rings (SSSR count). The monoisotopic (exact) mass is 509 g/mol. The van der Waals surface area contributed by atoms with Crippen molar-refractivity contribution in [2.75, 3.05) is 19.7 Å². The van der Waals surface area contributed by atoms with Crippen LogP contribution in [0.25, 0.3) is 10.8 Å². The number of nitrogens with one attached hydrogen (secondary N) is 1. The second kappa shape index (κ2) is 12.9. The van der Waals surface area contributed by atoms with Crippen molar-refractivity contribution in [1.82, 2.24) is 4.90 Å². The van der Waals surface area contributed by atoms with Crippen LogP contribution in [0.15, 0.2) is 84.9 Å². The average molecular weight is 510 g/mol. The van der Waals surface area contributed by atoms with E-state index in [1.165, 1.54) is 43.2 Å². The van der Waals surface area contributed by atoms with Gasteiger partial charge in [0.15, 0.2) is 0 Å². The number of aromatic hydroxyl groups is 1. The number of primary amides is 1. The number of benzene rings is 4. The summed E-state index contributed by atoms with van der Waals surface area (Å²) in [4.78, 5) is 13.2. The third kappa shape index (κ3) is 6.58. The number of fused-ring (bicyclic) bond motifs is 1. The standard InChI is InChI=1S/C24H26N2O.C8H9NO2/c25-18-20-13-14-24(22-11-5-4-10-21(20)22)27-17-16-26-15-7-6-12-23(26)19-8-2-1-3-9-19;1-5-4-6(8(9)11)2-3-7(5)10/h1-5,8-11,13-14,18,23,25H,6-7,12,15-17H2;2-4,10H,1H3,(H2,9,11). The molecule has 38 heavy (non-hydrogen) atoms. The highest BCUT2D eigenvalue weighted by Crippen LogP contribution is 2.31. The van der Waals surface area contributed by atoms with Crippen LogP contribution in [-0.4, -0.2) is 41.8 Å². The first-order chi connectivity index (χ1) is 18.5. The number of ether oxygens (including phenoxy) is 1. The first-order valence-electron chi connectivity index (χ1n) is 13.0. The molecule has 1 fully saturated rings. The van der Waals surface area contributed by atoms with Crippen LogP contribution in [0.3, 0.4) is 0 Å². The van der Waals surface area contributed by atoms with Gasteiger partial charge in [0.2, 0.25) is 5.91 Å².